The lowest BCUT2D eigenvalue weighted by Gasteiger charge is -2.24. The van der Waals surface area contributed by atoms with Crippen LogP contribution in [0.3, 0.4) is 0 Å². The number of nitrogens with two attached hydrogens (primary N) is 1. The highest BCUT2D eigenvalue weighted by atomic mass is 32.2. The summed E-state index contributed by atoms with van der Waals surface area (Å²) in [5, 5.41) is 0. The van der Waals surface area contributed by atoms with E-state index in [1.807, 2.05) is 13.8 Å². The Hall–Kier alpha value is -0.430. The van der Waals surface area contributed by atoms with Gasteiger partial charge in [-0.15, -0.1) is 11.3 Å². The zero-order valence-corrected chi connectivity index (χ0v) is 12.5. The minimum absolute atomic E-state index is 0.282. The van der Waals surface area contributed by atoms with Gasteiger partial charge in [0.25, 0.3) is 0 Å². The van der Waals surface area contributed by atoms with E-state index in [4.69, 9.17) is 5.73 Å². The summed E-state index contributed by atoms with van der Waals surface area (Å²) in [6.45, 7) is 4.21. The van der Waals surface area contributed by atoms with Crippen molar-refractivity contribution in [3.8, 4) is 0 Å². The van der Waals surface area contributed by atoms with E-state index in [0.717, 1.165) is 35.4 Å². The fourth-order valence-corrected chi connectivity index (χ4v) is 5.51. The Labute approximate surface area is 113 Å². The number of hydrogen-bond donors (Lipinski definition) is 2. The predicted octanol–water partition coefficient (Wildman–Crippen LogP) is 2.13. The monoisotopic (exact) mass is 288 g/mol. The van der Waals surface area contributed by atoms with E-state index < -0.39 is 10.0 Å². The Balaban J connectivity index is 2.27. The standard InChI is InChI=1S/C12H20N2O2S2/c1-9-11(7-10(8-13)17-9)18(15,16)14-12(2)5-3-4-6-12/h7,14H,3-6,8,13H2,1-2H3. The molecule has 6 heteroatoms. The molecule has 0 radical (unpaired) electrons. The molecule has 1 saturated carbocycles. The highest BCUT2D eigenvalue weighted by Gasteiger charge is 2.34. The summed E-state index contributed by atoms with van der Waals surface area (Å²) in [6, 6.07) is 1.70. The molecule has 4 nitrogen and oxygen atoms in total. The molecular weight excluding hydrogens is 268 g/mol. The second kappa shape index (κ2) is 4.92. The first-order valence-corrected chi connectivity index (χ1v) is 8.50. The molecule has 0 bridgehead atoms. The second-order valence-electron chi connectivity index (χ2n) is 5.21. The van der Waals surface area contributed by atoms with E-state index in [0.29, 0.717) is 11.4 Å². The summed E-state index contributed by atoms with van der Waals surface area (Å²) in [7, 11) is -3.42. The van der Waals surface area contributed by atoms with Crippen molar-refractivity contribution in [2.75, 3.05) is 0 Å². The predicted molar refractivity (Wildman–Crippen MR) is 74.1 cm³/mol. The largest absolute Gasteiger partial charge is 0.326 e. The Morgan fingerprint density at radius 1 is 1.44 bits per heavy atom. The molecule has 1 aromatic rings. The highest BCUT2D eigenvalue weighted by molar-refractivity contribution is 7.89. The van der Waals surface area contributed by atoms with E-state index in [-0.39, 0.29) is 5.54 Å². The van der Waals surface area contributed by atoms with E-state index >= 15 is 0 Å². The molecule has 1 fully saturated rings. The lowest BCUT2D eigenvalue weighted by atomic mass is 10.0. The molecule has 3 N–H and O–H groups in total. The summed E-state index contributed by atoms with van der Waals surface area (Å²) in [5.41, 5.74) is 5.28. The molecule has 0 unspecified atom stereocenters. The summed E-state index contributed by atoms with van der Waals surface area (Å²) in [4.78, 5) is 2.11. The van der Waals surface area contributed by atoms with Crippen molar-refractivity contribution < 1.29 is 8.42 Å². The van der Waals surface area contributed by atoms with Gasteiger partial charge in [-0.1, -0.05) is 12.8 Å². The number of thiophene rings is 1. The number of aryl methyl sites for hydroxylation is 1. The maximum Gasteiger partial charge on any atom is 0.242 e. The van der Waals surface area contributed by atoms with Gasteiger partial charge in [0.2, 0.25) is 10.0 Å². The quantitative estimate of drug-likeness (QED) is 0.891. The fourth-order valence-electron chi connectivity index (χ4n) is 2.53. The van der Waals surface area contributed by atoms with Crippen molar-refractivity contribution in [2.45, 2.75) is 56.5 Å². The summed E-state index contributed by atoms with van der Waals surface area (Å²) in [5.74, 6) is 0. The van der Waals surface area contributed by atoms with Crippen LogP contribution >= 0.6 is 11.3 Å². The van der Waals surface area contributed by atoms with Crippen LogP contribution in [-0.2, 0) is 16.6 Å². The van der Waals surface area contributed by atoms with Crippen LogP contribution in [0, 0.1) is 6.92 Å². The lowest BCUT2D eigenvalue weighted by Crippen LogP contribution is -2.43. The molecule has 0 saturated heterocycles. The second-order valence-corrected chi connectivity index (χ2v) is 8.20. The third kappa shape index (κ3) is 2.77. The van der Waals surface area contributed by atoms with Crippen LogP contribution in [0.25, 0.3) is 0 Å². The number of hydrogen-bond acceptors (Lipinski definition) is 4. The van der Waals surface area contributed by atoms with Crippen LogP contribution in [0.2, 0.25) is 0 Å². The van der Waals surface area contributed by atoms with Crippen molar-refractivity contribution in [1.29, 1.82) is 0 Å². The third-order valence-corrected chi connectivity index (χ3v) is 6.47. The third-order valence-electron chi connectivity index (χ3n) is 3.50. The average molecular weight is 288 g/mol. The van der Waals surface area contributed by atoms with Crippen LogP contribution in [0.4, 0.5) is 0 Å². The molecule has 1 aromatic heterocycles. The number of sulfonamides is 1. The van der Waals surface area contributed by atoms with Crippen molar-refractivity contribution >= 4 is 21.4 Å². The number of nitrogens with one attached hydrogen (secondary N) is 1. The van der Waals surface area contributed by atoms with Crippen molar-refractivity contribution in [3.05, 3.63) is 15.8 Å². The molecule has 1 aliphatic carbocycles. The summed E-state index contributed by atoms with van der Waals surface area (Å²) >= 11 is 1.45. The SMILES string of the molecule is Cc1sc(CN)cc1S(=O)(=O)NC1(C)CCCC1. The van der Waals surface area contributed by atoms with E-state index in [1.165, 1.54) is 11.3 Å². The van der Waals surface area contributed by atoms with Gasteiger partial charge in [-0.25, -0.2) is 13.1 Å². The first-order valence-electron chi connectivity index (χ1n) is 6.20. The van der Waals surface area contributed by atoms with E-state index in [1.54, 1.807) is 6.07 Å². The van der Waals surface area contributed by atoms with Crippen LogP contribution in [0.5, 0.6) is 0 Å². The normalized spacial score (nSPS) is 19.3. The molecule has 0 atom stereocenters. The molecule has 18 heavy (non-hydrogen) atoms. The minimum Gasteiger partial charge on any atom is -0.326 e. The molecule has 1 heterocycles. The minimum atomic E-state index is -3.42. The Bertz CT molecular complexity index is 528. The van der Waals surface area contributed by atoms with Gasteiger partial charge >= 0.3 is 0 Å². The molecule has 0 aliphatic heterocycles. The fraction of sp³-hybridized carbons (Fsp3) is 0.667. The molecule has 0 amide bonds. The van der Waals surface area contributed by atoms with Gasteiger partial charge in [-0.05, 0) is 32.8 Å². The van der Waals surface area contributed by atoms with Crippen LogP contribution in [0.15, 0.2) is 11.0 Å². The molecule has 2 rings (SSSR count). The van der Waals surface area contributed by atoms with Gasteiger partial charge in [-0.2, -0.15) is 0 Å². The maximum absolute atomic E-state index is 12.4. The first-order chi connectivity index (χ1) is 8.36. The van der Waals surface area contributed by atoms with Gasteiger partial charge in [0.05, 0.1) is 4.90 Å². The summed E-state index contributed by atoms with van der Waals surface area (Å²) in [6.07, 6.45) is 4.02. The smallest absolute Gasteiger partial charge is 0.242 e. The topological polar surface area (TPSA) is 72.2 Å². The van der Waals surface area contributed by atoms with Gasteiger partial charge in [0.1, 0.15) is 0 Å². The maximum atomic E-state index is 12.4. The zero-order valence-electron chi connectivity index (χ0n) is 10.8. The highest BCUT2D eigenvalue weighted by Crippen LogP contribution is 2.32. The Kier molecular flexibility index (Phi) is 3.82. The van der Waals surface area contributed by atoms with Gasteiger partial charge < -0.3 is 5.73 Å². The van der Waals surface area contributed by atoms with Gasteiger partial charge in [0, 0.05) is 21.8 Å². The number of rotatable bonds is 4. The van der Waals surface area contributed by atoms with Crippen molar-refractivity contribution in [3.63, 3.8) is 0 Å². The Morgan fingerprint density at radius 2 is 2.06 bits per heavy atom. The molecular formula is C12H20N2O2S2. The zero-order chi connectivity index (χ0) is 13.4. The molecule has 102 valence electrons. The molecule has 1 aliphatic rings. The van der Waals surface area contributed by atoms with Crippen molar-refractivity contribution in [2.24, 2.45) is 5.73 Å². The molecule has 0 aromatic carbocycles. The van der Waals surface area contributed by atoms with Gasteiger partial charge in [0.15, 0.2) is 0 Å². The average Bonchev–Trinajstić information content (AvgIpc) is 2.84. The van der Waals surface area contributed by atoms with Crippen LogP contribution in [-0.4, -0.2) is 14.0 Å². The molecule has 0 spiro atoms. The van der Waals surface area contributed by atoms with E-state index in [2.05, 4.69) is 4.72 Å². The van der Waals surface area contributed by atoms with E-state index in [9.17, 15) is 8.42 Å². The Morgan fingerprint density at radius 3 is 2.56 bits per heavy atom. The summed E-state index contributed by atoms with van der Waals surface area (Å²) < 4.78 is 27.7. The van der Waals surface area contributed by atoms with Gasteiger partial charge in [-0.3, -0.25) is 0 Å². The van der Waals surface area contributed by atoms with Crippen LogP contribution in [0.1, 0.15) is 42.4 Å². The first kappa shape index (κ1) is 14.0. The van der Waals surface area contributed by atoms with Crippen molar-refractivity contribution in [1.82, 2.24) is 4.72 Å². The van der Waals surface area contributed by atoms with Crippen LogP contribution < -0.4 is 10.5 Å². The lowest BCUT2D eigenvalue weighted by molar-refractivity contribution is 0.427.